The minimum absolute atomic E-state index is 0.0637. The number of hydrogen-bond donors (Lipinski definition) is 1. The summed E-state index contributed by atoms with van der Waals surface area (Å²) in [6.07, 6.45) is 1.47. The van der Waals surface area contributed by atoms with Crippen LogP contribution in [-0.2, 0) is 12.3 Å². The molecule has 0 saturated heterocycles. The number of aromatic nitrogens is 3. The van der Waals surface area contributed by atoms with Gasteiger partial charge in [0, 0.05) is 24.4 Å². The number of thioether (sulfide) groups is 1. The Kier molecular flexibility index (Phi) is 6.01. The highest BCUT2D eigenvalue weighted by atomic mass is 32.2. The van der Waals surface area contributed by atoms with Gasteiger partial charge in [0.05, 0.1) is 0 Å². The van der Waals surface area contributed by atoms with E-state index in [-0.39, 0.29) is 11.7 Å². The second-order valence-corrected chi connectivity index (χ2v) is 6.69. The lowest BCUT2D eigenvalue weighted by Gasteiger charge is -2.21. The van der Waals surface area contributed by atoms with Gasteiger partial charge in [0.2, 0.25) is 0 Å². The van der Waals surface area contributed by atoms with Gasteiger partial charge in [-0.2, -0.15) is 5.10 Å². The molecule has 7 heteroatoms. The highest BCUT2D eigenvalue weighted by Gasteiger charge is 2.15. The van der Waals surface area contributed by atoms with Crippen LogP contribution in [0.25, 0.3) is 0 Å². The number of carbonyl (C=O) groups excluding carboxylic acids is 1. The molecule has 0 radical (unpaired) electrons. The highest BCUT2D eigenvalue weighted by Crippen LogP contribution is 2.19. The van der Waals surface area contributed by atoms with E-state index in [1.54, 1.807) is 22.7 Å². The molecule has 134 valence electrons. The number of rotatable bonds is 7. The molecule has 3 aromatic rings. The van der Waals surface area contributed by atoms with Crippen LogP contribution in [0.5, 0.6) is 0 Å². The van der Waals surface area contributed by atoms with Crippen LogP contribution in [0.1, 0.15) is 28.4 Å². The first kappa shape index (κ1) is 18.1. The first-order chi connectivity index (χ1) is 12.7. The van der Waals surface area contributed by atoms with Crippen LogP contribution in [0, 0.1) is 5.82 Å². The van der Waals surface area contributed by atoms with Gasteiger partial charge in [0.15, 0.2) is 5.16 Å². The lowest BCUT2D eigenvalue weighted by atomic mass is 10.1. The van der Waals surface area contributed by atoms with Crippen LogP contribution in [-0.4, -0.2) is 32.5 Å². The second-order valence-electron chi connectivity index (χ2n) is 5.73. The number of H-pyrrole nitrogens is 1. The first-order valence-corrected chi connectivity index (χ1v) is 9.25. The van der Waals surface area contributed by atoms with Gasteiger partial charge in [-0.3, -0.25) is 9.89 Å². The van der Waals surface area contributed by atoms with Crippen molar-refractivity contribution in [1.82, 2.24) is 20.1 Å². The fourth-order valence-electron chi connectivity index (χ4n) is 2.52. The van der Waals surface area contributed by atoms with Crippen LogP contribution in [0.2, 0.25) is 0 Å². The number of benzene rings is 2. The minimum Gasteiger partial charge on any atom is -0.335 e. The predicted octanol–water partition coefficient (Wildman–Crippen LogP) is 3.90. The Bertz CT molecular complexity index is 852. The number of hydrogen-bond acceptors (Lipinski definition) is 4. The fraction of sp³-hybridized carbons (Fsp3) is 0.211. The number of nitrogens with zero attached hydrogens (tertiary/aromatic N) is 3. The Morgan fingerprint density at radius 3 is 2.65 bits per heavy atom. The van der Waals surface area contributed by atoms with Crippen molar-refractivity contribution in [3.63, 3.8) is 0 Å². The van der Waals surface area contributed by atoms with E-state index < -0.39 is 0 Å². The largest absolute Gasteiger partial charge is 0.335 e. The Balaban J connectivity index is 1.63. The van der Waals surface area contributed by atoms with Crippen molar-refractivity contribution in [1.29, 1.82) is 0 Å². The van der Waals surface area contributed by atoms with Crippen LogP contribution < -0.4 is 0 Å². The fourth-order valence-corrected chi connectivity index (χ4v) is 3.26. The van der Waals surface area contributed by atoms with Gasteiger partial charge in [-0.25, -0.2) is 9.37 Å². The maximum atomic E-state index is 13.3. The third-order valence-corrected chi connectivity index (χ3v) is 4.85. The van der Waals surface area contributed by atoms with Crippen molar-refractivity contribution >= 4 is 17.7 Å². The molecule has 1 aromatic heterocycles. The van der Waals surface area contributed by atoms with Gasteiger partial charge in [-0.1, -0.05) is 36.0 Å². The molecular formula is C19H19FN4OS. The summed E-state index contributed by atoms with van der Waals surface area (Å²) in [6.45, 7) is 2.86. The van der Waals surface area contributed by atoms with Crippen molar-refractivity contribution in [3.05, 3.63) is 77.4 Å². The third-order valence-electron chi connectivity index (χ3n) is 3.90. The number of amides is 1. The van der Waals surface area contributed by atoms with Crippen LogP contribution >= 0.6 is 11.8 Å². The van der Waals surface area contributed by atoms with Crippen molar-refractivity contribution in [2.75, 3.05) is 6.54 Å². The average Bonchev–Trinajstić information content (AvgIpc) is 3.18. The summed E-state index contributed by atoms with van der Waals surface area (Å²) in [5.41, 5.74) is 2.49. The van der Waals surface area contributed by atoms with Gasteiger partial charge in [0.1, 0.15) is 12.1 Å². The number of nitrogens with one attached hydrogen (secondary N) is 1. The zero-order valence-electron chi connectivity index (χ0n) is 14.4. The van der Waals surface area contributed by atoms with Gasteiger partial charge in [0.25, 0.3) is 5.91 Å². The van der Waals surface area contributed by atoms with E-state index in [4.69, 9.17) is 0 Å². The molecule has 0 bridgehead atoms. The minimum atomic E-state index is -0.292. The Labute approximate surface area is 155 Å². The molecule has 0 aliphatic carbocycles. The van der Waals surface area contributed by atoms with Gasteiger partial charge >= 0.3 is 0 Å². The van der Waals surface area contributed by atoms with Crippen LogP contribution in [0.3, 0.4) is 0 Å². The molecule has 26 heavy (non-hydrogen) atoms. The topological polar surface area (TPSA) is 61.9 Å². The molecular weight excluding hydrogens is 351 g/mol. The quantitative estimate of drug-likeness (QED) is 0.641. The summed E-state index contributed by atoms with van der Waals surface area (Å²) in [4.78, 5) is 18.5. The molecule has 1 amide bonds. The molecule has 5 nitrogen and oxygen atoms in total. The Hall–Kier alpha value is -2.67. The molecule has 2 aromatic carbocycles. The highest BCUT2D eigenvalue weighted by molar-refractivity contribution is 7.98. The Morgan fingerprint density at radius 2 is 2.00 bits per heavy atom. The summed E-state index contributed by atoms with van der Waals surface area (Å²) < 4.78 is 13.3. The zero-order valence-corrected chi connectivity index (χ0v) is 15.2. The summed E-state index contributed by atoms with van der Waals surface area (Å²) >= 11 is 1.55. The summed E-state index contributed by atoms with van der Waals surface area (Å²) in [5, 5.41) is 7.37. The smallest absolute Gasteiger partial charge is 0.254 e. The Morgan fingerprint density at radius 1 is 1.19 bits per heavy atom. The lowest BCUT2D eigenvalue weighted by molar-refractivity contribution is 0.0752. The van der Waals surface area contributed by atoms with Crippen molar-refractivity contribution in [3.8, 4) is 0 Å². The maximum Gasteiger partial charge on any atom is 0.254 e. The van der Waals surface area contributed by atoms with Crippen molar-refractivity contribution in [2.24, 2.45) is 0 Å². The summed E-state index contributed by atoms with van der Waals surface area (Å²) in [5.74, 6) is 0.385. The van der Waals surface area contributed by atoms with Crippen molar-refractivity contribution in [2.45, 2.75) is 24.4 Å². The molecule has 0 aliphatic rings. The monoisotopic (exact) mass is 370 g/mol. The maximum absolute atomic E-state index is 13.3. The predicted molar refractivity (Wildman–Crippen MR) is 99.2 cm³/mol. The van der Waals surface area contributed by atoms with Crippen LogP contribution in [0.15, 0.2) is 60.0 Å². The zero-order chi connectivity index (χ0) is 18.4. The molecule has 1 heterocycles. The van der Waals surface area contributed by atoms with Crippen molar-refractivity contribution < 1.29 is 9.18 Å². The molecule has 0 aliphatic heterocycles. The van der Waals surface area contributed by atoms with Gasteiger partial charge < -0.3 is 4.90 Å². The lowest BCUT2D eigenvalue weighted by Crippen LogP contribution is -2.30. The molecule has 0 unspecified atom stereocenters. The third kappa shape index (κ3) is 4.70. The summed E-state index contributed by atoms with van der Waals surface area (Å²) in [7, 11) is 0. The van der Waals surface area contributed by atoms with Gasteiger partial charge in [-0.15, -0.1) is 0 Å². The number of carbonyl (C=O) groups is 1. The SMILES string of the molecule is CCN(Cc1cccc(F)c1)C(=O)c1ccc(CSc2ncn[nH]2)cc1. The second kappa shape index (κ2) is 8.62. The van der Waals surface area contributed by atoms with E-state index in [2.05, 4.69) is 15.2 Å². The molecule has 0 spiro atoms. The van der Waals surface area contributed by atoms with E-state index >= 15 is 0 Å². The average molecular weight is 370 g/mol. The normalized spacial score (nSPS) is 10.7. The molecule has 1 N–H and O–H groups in total. The molecule has 3 rings (SSSR count). The number of aromatic amines is 1. The standard InChI is InChI=1S/C19H19FN4OS/c1-2-24(11-15-4-3-5-17(20)10-15)18(25)16-8-6-14(7-9-16)12-26-19-21-13-22-23-19/h3-10,13H,2,11-12H2,1H3,(H,21,22,23). The van der Waals surface area contributed by atoms with E-state index in [9.17, 15) is 9.18 Å². The first-order valence-electron chi connectivity index (χ1n) is 8.26. The van der Waals surface area contributed by atoms with E-state index in [0.29, 0.717) is 18.7 Å². The molecule has 0 fully saturated rings. The molecule has 0 atom stereocenters. The van der Waals surface area contributed by atoms with E-state index in [0.717, 1.165) is 22.0 Å². The van der Waals surface area contributed by atoms with Crippen LogP contribution in [0.4, 0.5) is 4.39 Å². The molecule has 0 saturated carbocycles. The van der Waals surface area contributed by atoms with Gasteiger partial charge in [-0.05, 0) is 42.3 Å². The number of halogens is 1. The summed E-state index contributed by atoms with van der Waals surface area (Å²) in [6, 6.07) is 13.9. The van der Waals surface area contributed by atoms with E-state index in [1.807, 2.05) is 37.3 Å². The van der Waals surface area contributed by atoms with E-state index in [1.165, 1.54) is 18.5 Å².